The lowest BCUT2D eigenvalue weighted by Gasteiger charge is -2.34. The Balaban J connectivity index is 1.24. The van der Waals surface area contributed by atoms with E-state index in [0.29, 0.717) is 12.5 Å². The average Bonchev–Trinajstić information content (AvgIpc) is 2.81. The van der Waals surface area contributed by atoms with Crippen molar-refractivity contribution in [1.29, 1.82) is 0 Å². The summed E-state index contributed by atoms with van der Waals surface area (Å²) in [5.41, 5.74) is 2.57. The molecule has 2 fully saturated rings. The third-order valence-electron chi connectivity index (χ3n) is 7.65. The lowest BCUT2D eigenvalue weighted by molar-refractivity contribution is -0.139. The van der Waals surface area contributed by atoms with Crippen molar-refractivity contribution in [2.75, 3.05) is 0 Å². The van der Waals surface area contributed by atoms with Gasteiger partial charge in [0.2, 0.25) is 11.8 Å². The number of nitrogens with one attached hydrogen (secondary N) is 2. The largest absolute Gasteiger partial charge is 0.481 e. The van der Waals surface area contributed by atoms with Crippen LogP contribution in [0.1, 0.15) is 94.6 Å². The zero-order valence-corrected chi connectivity index (χ0v) is 20.7. The van der Waals surface area contributed by atoms with Crippen molar-refractivity contribution >= 4 is 17.8 Å². The molecule has 6 heteroatoms. The fourth-order valence-electron chi connectivity index (χ4n) is 5.58. The van der Waals surface area contributed by atoms with E-state index in [2.05, 4.69) is 41.8 Å². The van der Waals surface area contributed by atoms with Crippen molar-refractivity contribution < 1.29 is 19.5 Å². The van der Waals surface area contributed by atoms with Crippen molar-refractivity contribution in [2.24, 2.45) is 11.8 Å². The van der Waals surface area contributed by atoms with Gasteiger partial charge in [-0.15, -0.1) is 0 Å². The van der Waals surface area contributed by atoms with Crippen LogP contribution in [0.3, 0.4) is 0 Å². The number of carboxylic acids is 1. The van der Waals surface area contributed by atoms with Crippen LogP contribution < -0.4 is 10.6 Å². The molecule has 0 aromatic heterocycles. The number of benzene rings is 1. The van der Waals surface area contributed by atoms with Crippen molar-refractivity contribution in [3.8, 4) is 0 Å². The first-order chi connectivity index (χ1) is 16.4. The smallest absolute Gasteiger partial charge is 0.303 e. The van der Waals surface area contributed by atoms with Gasteiger partial charge in [0.05, 0.1) is 6.42 Å². The van der Waals surface area contributed by atoms with Crippen LogP contribution in [-0.4, -0.2) is 35.0 Å². The summed E-state index contributed by atoms with van der Waals surface area (Å²) in [6.45, 7) is 2.09. The highest BCUT2D eigenvalue weighted by molar-refractivity contribution is 5.80. The number of hydrogen-bond acceptors (Lipinski definition) is 3. The van der Waals surface area contributed by atoms with Crippen LogP contribution in [0, 0.1) is 18.8 Å². The van der Waals surface area contributed by atoms with Crippen molar-refractivity contribution in [2.45, 2.75) is 109 Å². The molecule has 0 bridgehead atoms. The highest BCUT2D eigenvalue weighted by Crippen LogP contribution is 2.35. The van der Waals surface area contributed by atoms with Crippen molar-refractivity contribution in [3.05, 3.63) is 35.4 Å². The molecule has 0 saturated heterocycles. The topological polar surface area (TPSA) is 95.5 Å². The van der Waals surface area contributed by atoms with Gasteiger partial charge < -0.3 is 15.7 Å². The van der Waals surface area contributed by atoms with E-state index in [-0.39, 0.29) is 30.7 Å². The molecule has 3 N–H and O–H groups in total. The van der Waals surface area contributed by atoms with Gasteiger partial charge in [-0.05, 0) is 95.0 Å². The van der Waals surface area contributed by atoms with E-state index in [4.69, 9.17) is 5.11 Å². The Kier molecular flexibility index (Phi) is 10.4. The summed E-state index contributed by atoms with van der Waals surface area (Å²) in [5.74, 6) is 0.610. The third kappa shape index (κ3) is 9.47. The Morgan fingerprint density at radius 3 is 1.76 bits per heavy atom. The lowest BCUT2D eigenvalue weighted by Crippen LogP contribution is -2.39. The van der Waals surface area contributed by atoms with E-state index in [1.807, 2.05) is 0 Å². The number of carbonyl (C=O) groups is 3. The van der Waals surface area contributed by atoms with Crippen LogP contribution in [0.5, 0.6) is 0 Å². The molecule has 2 saturated carbocycles. The summed E-state index contributed by atoms with van der Waals surface area (Å²) < 4.78 is 0. The summed E-state index contributed by atoms with van der Waals surface area (Å²) in [6.07, 6.45) is 12.5. The number of rotatable bonds is 11. The minimum Gasteiger partial charge on any atom is -0.481 e. The first kappa shape index (κ1) is 26.2. The average molecular weight is 471 g/mol. The first-order valence-electron chi connectivity index (χ1n) is 13.2. The maximum absolute atomic E-state index is 12.4. The van der Waals surface area contributed by atoms with Gasteiger partial charge in [-0.1, -0.05) is 29.8 Å². The zero-order valence-electron chi connectivity index (χ0n) is 20.7. The highest BCUT2D eigenvalue weighted by Gasteiger charge is 2.28. The summed E-state index contributed by atoms with van der Waals surface area (Å²) >= 11 is 0. The van der Waals surface area contributed by atoms with Gasteiger partial charge in [-0.3, -0.25) is 14.4 Å². The SMILES string of the molecule is Cc1ccc(CCCC(=O)NC2CCC(CC3CCC(NC(=O)CCC(=O)O)CC3)CC2)cc1. The molecule has 1 aromatic rings. The summed E-state index contributed by atoms with van der Waals surface area (Å²) in [6, 6.07) is 9.10. The molecule has 2 amide bonds. The van der Waals surface area contributed by atoms with Crippen molar-refractivity contribution in [1.82, 2.24) is 10.6 Å². The molecule has 0 unspecified atom stereocenters. The minimum atomic E-state index is -0.925. The number of carbonyl (C=O) groups excluding carboxylic acids is 2. The summed E-state index contributed by atoms with van der Waals surface area (Å²) in [7, 11) is 0. The molecule has 0 radical (unpaired) electrons. The number of hydrogen-bond donors (Lipinski definition) is 3. The highest BCUT2D eigenvalue weighted by atomic mass is 16.4. The predicted molar refractivity (Wildman–Crippen MR) is 133 cm³/mol. The van der Waals surface area contributed by atoms with E-state index in [9.17, 15) is 14.4 Å². The van der Waals surface area contributed by atoms with Gasteiger partial charge in [0, 0.05) is 24.9 Å². The molecule has 0 atom stereocenters. The fourth-order valence-corrected chi connectivity index (χ4v) is 5.58. The van der Waals surface area contributed by atoms with E-state index in [1.165, 1.54) is 30.4 Å². The molecule has 0 heterocycles. The molecule has 3 rings (SSSR count). The first-order valence-corrected chi connectivity index (χ1v) is 13.2. The molecule has 1 aromatic carbocycles. The van der Waals surface area contributed by atoms with Crippen LogP contribution in [-0.2, 0) is 20.8 Å². The predicted octanol–water partition coefficient (Wildman–Crippen LogP) is 4.92. The Morgan fingerprint density at radius 1 is 0.765 bits per heavy atom. The second-order valence-electron chi connectivity index (χ2n) is 10.5. The maximum Gasteiger partial charge on any atom is 0.303 e. The van der Waals surface area contributed by atoms with E-state index < -0.39 is 5.97 Å². The number of amides is 2. The fraction of sp³-hybridized carbons (Fsp3) is 0.679. The van der Waals surface area contributed by atoms with Crippen LogP contribution in [0.15, 0.2) is 24.3 Å². The van der Waals surface area contributed by atoms with Crippen LogP contribution >= 0.6 is 0 Å². The van der Waals surface area contributed by atoms with Gasteiger partial charge >= 0.3 is 5.97 Å². The minimum absolute atomic E-state index is 0.0712. The van der Waals surface area contributed by atoms with Crippen molar-refractivity contribution in [3.63, 3.8) is 0 Å². The van der Waals surface area contributed by atoms with E-state index >= 15 is 0 Å². The Labute approximate surface area is 204 Å². The number of aryl methyl sites for hydroxylation is 2. The second-order valence-corrected chi connectivity index (χ2v) is 10.5. The number of carboxylic acid groups (broad SMARTS) is 1. The van der Waals surface area contributed by atoms with Gasteiger partial charge in [0.1, 0.15) is 0 Å². The van der Waals surface area contributed by atoms with Gasteiger partial charge in [0.15, 0.2) is 0 Å². The molecule has 0 aliphatic heterocycles. The lowest BCUT2D eigenvalue weighted by atomic mass is 9.75. The molecule has 6 nitrogen and oxygen atoms in total. The normalized spacial score (nSPS) is 24.9. The summed E-state index contributed by atoms with van der Waals surface area (Å²) in [5, 5.41) is 15.0. The second kappa shape index (κ2) is 13.5. The quantitative estimate of drug-likeness (QED) is 0.428. The van der Waals surface area contributed by atoms with Gasteiger partial charge in [-0.25, -0.2) is 0 Å². The monoisotopic (exact) mass is 470 g/mol. The van der Waals surface area contributed by atoms with Crippen LogP contribution in [0.2, 0.25) is 0 Å². The molecule has 2 aliphatic carbocycles. The molecular formula is C28H42N2O4. The summed E-state index contributed by atoms with van der Waals surface area (Å²) in [4.78, 5) is 34.8. The zero-order chi connectivity index (χ0) is 24.3. The van der Waals surface area contributed by atoms with Gasteiger partial charge in [0.25, 0.3) is 0 Å². The van der Waals surface area contributed by atoms with E-state index in [1.54, 1.807) is 0 Å². The molecule has 188 valence electrons. The Hall–Kier alpha value is -2.37. The molecular weight excluding hydrogens is 428 g/mol. The Morgan fingerprint density at radius 2 is 1.26 bits per heavy atom. The molecule has 2 aliphatic rings. The van der Waals surface area contributed by atoms with Gasteiger partial charge in [-0.2, -0.15) is 0 Å². The van der Waals surface area contributed by atoms with Crippen LogP contribution in [0.25, 0.3) is 0 Å². The third-order valence-corrected chi connectivity index (χ3v) is 7.65. The molecule has 34 heavy (non-hydrogen) atoms. The molecule has 0 spiro atoms. The maximum atomic E-state index is 12.4. The Bertz CT molecular complexity index is 791. The van der Waals surface area contributed by atoms with E-state index in [0.717, 1.165) is 63.2 Å². The number of aliphatic carboxylic acids is 1. The van der Waals surface area contributed by atoms with Crippen LogP contribution in [0.4, 0.5) is 0 Å². The standard InChI is InChI=1S/C28H42N2O4/c1-20-5-7-21(8-6-20)3-2-4-26(31)29-24-13-9-22(10-14-24)19-23-11-15-25(16-12-23)30-27(32)17-18-28(33)34/h5-8,22-25H,2-4,9-19H2,1H3,(H,29,31)(H,30,32)(H,33,34).